The van der Waals surface area contributed by atoms with Crippen LogP contribution in [-0.4, -0.2) is 48.5 Å². The maximum absolute atomic E-state index is 11.8. The molecule has 4 aromatic rings. The van der Waals surface area contributed by atoms with Crippen LogP contribution in [0.2, 0.25) is 0 Å². The summed E-state index contributed by atoms with van der Waals surface area (Å²) in [5.74, 6) is 0.514. The van der Waals surface area contributed by atoms with E-state index in [-0.39, 0.29) is 24.3 Å². The van der Waals surface area contributed by atoms with Gasteiger partial charge in [0.05, 0.1) is 32.1 Å². The molecule has 2 aliphatic rings. The van der Waals surface area contributed by atoms with Crippen LogP contribution in [0.5, 0.6) is 5.88 Å². The number of hydrogen-bond donors (Lipinski definition) is 3. The van der Waals surface area contributed by atoms with Crippen molar-refractivity contribution < 1.29 is 14.6 Å². The van der Waals surface area contributed by atoms with Crippen molar-refractivity contribution in [3.63, 3.8) is 0 Å². The Bertz CT molecular complexity index is 1550. The lowest BCUT2D eigenvalue weighted by atomic mass is 10.1. The van der Waals surface area contributed by atoms with Gasteiger partial charge in [0, 0.05) is 62.4 Å². The Labute approximate surface area is 234 Å². The van der Waals surface area contributed by atoms with Crippen molar-refractivity contribution in [3.05, 3.63) is 94.5 Å². The van der Waals surface area contributed by atoms with Gasteiger partial charge in [-0.2, -0.15) is 0 Å². The van der Waals surface area contributed by atoms with E-state index < -0.39 is 0 Å². The van der Waals surface area contributed by atoms with E-state index in [1.807, 2.05) is 24.3 Å². The van der Waals surface area contributed by atoms with Crippen LogP contribution in [0.3, 0.4) is 0 Å². The number of morpholine rings is 1. The zero-order valence-corrected chi connectivity index (χ0v) is 22.9. The first-order valence-corrected chi connectivity index (χ1v) is 14.3. The lowest BCUT2D eigenvalue weighted by molar-refractivity contribution is 0.0379. The fourth-order valence-corrected chi connectivity index (χ4v) is 7.27. The van der Waals surface area contributed by atoms with E-state index in [0.717, 1.165) is 28.4 Å². The first kappa shape index (κ1) is 25.8. The number of aromatic nitrogens is 2. The van der Waals surface area contributed by atoms with Crippen molar-refractivity contribution in [2.45, 2.75) is 31.7 Å². The van der Waals surface area contributed by atoms with Gasteiger partial charge in [-0.15, -0.1) is 0 Å². The molecule has 0 amide bonds. The molecular formula is C29H28N4O4S2. The Morgan fingerprint density at radius 1 is 1.13 bits per heavy atom. The van der Waals surface area contributed by atoms with E-state index in [9.17, 15) is 9.90 Å². The second kappa shape index (κ2) is 11.4. The number of aliphatic hydroxyl groups excluding tert-OH is 1. The molecule has 2 atom stereocenters. The number of H-pyrrole nitrogens is 1. The minimum Gasteiger partial charge on any atom is -0.481 e. The summed E-state index contributed by atoms with van der Waals surface area (Å²) in [5, 5.41) is 13.5. The van der Waals surface area contributed by atoms with Gasteiger partial charge in [-0.25, -0.2) is 4.98 Å². The standard InChI is InChI=1S/C29H28N4O4S2/c1-36-28-7-3-5-21(32-28)22(17-34)31-18-8-9-24-26(14-18)38-25-6-2-4-20(29(25)39-24)23-16-33(12-13-37-23)19-10-11-30-27(35)15-19/h2-11,14-15,22-23,31,34H,12-13,16-17H2,1H3,(H,30,35). The minimum atomic E-state index is -0.357. The first-order chi connectivity index (χ1) is 19.1. The molecule has 2 unspecified atom stereocenters. The number of nitrogens with one attached hydrogen (secondary N) is 2. The molecular weight excluding hydrogens is 532 g/mol. The molecule has 1 saturated heterocycles. The predicted molar refractivity (Wildman–Crippen MR) is 153 cm³/mol. The topological polar surface area (TPSA) is 99.7 Å². The number of fused-ring (bicyclic) bond motifs is 2. The number of ether oxygens (including phenoxy) is 2. The van der Waals surface area contributed by atoms with Gasteiger partial charge in [-0.05, 0) is 42.0 Å². The summed E-state index contributed by atoms with van der Waals surface area (Å²) < 4.78 is 11.5. The quantitative estimate of drug-likeness (QED) is 0.251. The first-order valence-electron chi connectivity index (χ1n) is 12.7. The molecule has 0 radical (unpaired) electrons. The molecule has 0 spiro atoms. The van der Waals surface area contributed by atoms with E-state index in [4.69, 9.17) is 9.47 Å². The average Bonchev–Trinajstić information content (AvgIpc) is 2.98. The van der Waals surface area contributed by atoms with Crippen molar-refractivity contribution in [3.8, 4) is 5.88 Å². The van der Waals surface area contributed by atoms with Crippen molar-refractivity contribution in [2.75, 3.05) is 43.6 Å². The zero-order valence-electron chi connectivity index (χ0n) is 21.3. The Morgan fingerprint density at radius 3 is 2.87 bits per heavy atom. The molecule has 6 rings (SSSR count). The summed E-state index contributed by atoms with van der Waals surface area (Å²) in [5.41, 5.74) is 3.60. The number of rotatable bonds is 7. The van der Waals surface area contributed by atoms with Gasteiger partial charge < -0.3 is 29.8 Å². The van der Waals surface area contributed by atoms with Crippen molar-refractivity contribution in [1.29, 1.82) is 0 Å². The lowest BCUT2D eigenvalue weighted by Crippen LogP contribution is -2.39. The molecule has 0 bridgehead atoms. The van der Waals surface area contributed by atoms with Gasteiger partial charge in [0.15, 0.2) is 0 Å². The number of pyridine rings is 2. The molecule has 4 heterocycles. The number of methoxy groups -OCH3 is 1. The maximum Gasteiger partial charge on any atom is 0.249 e. The summed E-state index contributed by atoms with van der Waals surface area (Å²) >= 11 is 3.49. The van der Waals surface area contributed by atoms with Crippen LogP contribution in [0.4, 0.5) is 11.4 Å². The third kappa shape index (κ3) is 5.51. The zero-order chi connectivity index (χ0) is 26.8. The second-order valence-electron chi connectivity index (χ2n) is 9.24. The van der Waals surface area contributed by atoms with Crippen LogP contribution < -0.4 is 20.5 Å². The third-order valence-electron chi connectivity index (χ3n) is 6.76. The van der Waals surface area contributed by atoms with E-state index in [1.54, 1.807) is 49.0 Å². The smallest absolute Gasteiger partial charge is 0.249 e. The normalized spacial score (nSPS) is 17.2. The van der Waals surface area contributed by atoms with Crippen molar-refractivity contribution >= 4 is 34.9 Å². The van der Waals surface area contributed by atoms with Gasteiger partial charge >= 0.3 is 0 Å². The monoisotopic (exact) mass is 560 g/mol. The van der Waals surface area contributed by atoms with Crippen molar-refractivity contribution in [1.82, 2.24) is 9.97 Å². The molecule has 200 valence electrons. The van der Waals surface area contributed by atoms with E-state index in [0.29, 0.717) is 24.7 Å². The van der Waals surface area contributed by atoms with Gasteiger partial charge in [0.1, 0.15) is 6.10 Å². The van der Waals surface area contributed by atoms with Crippen LogP contribution in [0.25, 0.3) is 0 Å². The number of nitrogens with zero attached hydrogens (tertiary/aromatic N) is 2. The molecule has 39 heavy (non-hydrogen) atoms. The van der Waals surface area contributed by atoms with Crippen LogP contribution in [-0.2, 0) is 4.74 Å². The Kier molecular flexibility index (Phi) is 7.51. The fourth-order valence-electron chi connectivity index (χ4n) is 4.82. The molecule has 2 aliphatic heterocycles. The van der Waals surface area contributed by atoms with Crippen LogP contribution in [0.15, 0.2) is 97.3 Å². The SMILES string of the molecule is COc1cccc(C(CO)Nc2ccc3c(c2)Sc2cccc(C4CN(c5cc[nH]c(=O)c5)CCO4)c2S3)n1. The summed E-state index contributed by atoms with van der Waals surface area (Å²) in [4.78, 5) is 25.9. The average molecular weight is 561 g/mol. The molecule has 10 heteroatoms. The highest BCUT2D eigenvalue weighted by Crippen LogP contribution is 2.52. The number of aromatic amines is 1. The van der Waals surface area contributed by atoms with Crippen LogP contribution in [0.1, 0.15) is 23.4 Å². The summed E-state index contributed by atoms with van der Waals surface area (Å²) in [7, 11) is 1.58. The molecule has 2 aromatic heterocycles. The fraction of sp³-hybridized carbons (Fsp3) is 0.241. The molecule has 2 aromatic carbocycles. The molecule has 0 aliphatic carbocycles. The molecule has 1 fully saturated rings. The molecule has 8 nitrogen and oxygen atoms in total. The van der Waals surface area contributed by atoms with Crippen LogP contribution in [0, 0.1) is 0 Å². The number of benzene rings is 2. The number of aliphatic hydroxyl groups is 1. The molecule has 0 saturated carbocycles. The van der Waals surface area contributed by atoms with Gasteiger partial charge in [-0.1, -0.05) is 41.7 Å². The highest BCUT2D eigenvalue weighted by Gasteiger charge is 2.28. The van der Waals surface area contributed by atoms with Gasteiger partial charge in [0.2, 0.25) is 11.4 Å². The summed E-state index contributed by atoms with van der Waals surface area (Å²) in [6.07, 6.45) is 1.60. The maximum atomic E-state index is 11.8. The summed E-state index contributed by atoms with van der Waals surface area (Å²) in [6.45, 7) is 1.93. The van der Waals surface area contributed by atoms with E-state index in [1.165, 1.54) is 14.7 Å². The predicted octanol–water partition coefficient (Wildman–Crippen LogP) is 5.12. The Morgan fingerprint density at radius 2 is 2.03 bits per heavy atom. The molecule has 3 N–H and O–H groups in total. The lowest BCUT2D eigenvalue weighted by Gasteiger charge is -2.36. The Hall–Kier alpha value is -3.44. The highest BCUT2D eigenvalue weighted by atomic mass is 32.2. The van der Waals surface area contributed by atoms with Gasteiger partial charge in [0.25, 0.3) is 0 Å². The largest absolute Gasteiger partial charge is 0.481 e. The van der Waals surface area contributed by atoms with Crippen molar-refractivity contribution in [2.24, 2.45) is 0 Å². The van der Waals surface area contributed by atoms with Crippen LogP contribution >= 0.6 is 23.5 Å². The number of anilines is 2. The minimum absolute atomic E-state index is 0.0933. The highest BCUT2D eigenvalue weighted by molar-refractivity contribution is 8.05. The number of hydrogen-bond acceptors (Lipinski definition) is 9. The Balaban J connectivity index is 1.22. The third-order valence-corrected chi connectivity index (χ3v) is 9.37. The van der Waals surface area contributed by atoms with Gasteiger partial charge in [-0.3, -0.25) is 4.79 Å². The van der Waals surface area contributed by atoms with E-state index in [2.05, 4.69) is 50.5 Å². The summed E-state index contributed by atoms with van der Waals surface area (Å²) in [6, 6.07) is 21.4. The second-order valence-corrected chi connectivity index (χ2v) is 11.4. The van der Waals surface area contributed by atoms with E-state index >= 15 is 0 Å².